The molecule has 9 aromatic carbocycles. The first-order valence-corrected chi connectivity index (χ1v) is 20.2. The van der Waals surface area contributed by atoms with Gasteiger partial charge in [0.25, 0.3) is 0 Å². The molecule has 0 spiro atoms. The number of thiophene rings is 1. The fraction of sp³-hybridized carbons (Fsp3) is 0.0588. The van der Waals surface area contributed by atoms with E-state index in [1.54, 1.807) is 0 Å². The lowest BCUT2D eigenvalue weighted by atomic mass is 9.85. The van der Waals surface area contributed by atoms with E-state index in [1.165, 1.54) is 107 Å². The Bertz CT molecular complexity index is 3010. The summed E-state index contributed by atoms with van der Waals surface area (Å²) in [6, 6.07) is 61.0. The second-order valence-electron chi connectivity index (χ2n) is 14.3. The molecule has 0 aliphatic carbocycles. The van der Waals surface area contributed by atoms with Crippen LogP contribution in [0.1, 0.15) is 18.9 Å². The van der Waals surface area contributed by atoms with Gasteiger partial charge in [0.15, 0.2) is 0 Å². The number of rotatable bonds is 4. The lowest BCUT2D eigenvalue weighted by molar-refractivity contribution is 1.00. The summed E-state index contributed by atoms with van der Waals surface area (Å²) in [4.78, 5) is 1.42. The molecule has 1 aromatic heterocycles. The maximum Gasteiger partial charge on any atom is 0.0434 e. The molecule has 1 atom stereocenters. The average molecular weight is 711 g/mol. The smallest absolute Gasteiger partial charge is 0.0434 e. The van der Waals surface area contributed by atoms with Gasteiger partial charge in [-0.25, -0.2) is 0 Å². The lowest BCUT2D eigenvalue weighted by Gasteiger charge is -2.18. The summed E-state index contributed by atoms with van der Waals surface area (Å²) < 4.78 is 2.66. The monoisotopic (exact) mass is 710 g/mol. The van der Waals surface area contributed by atoms with Crippen molar-refractivity contribution in [1.29, 1.82) is 0 Å². The van der Waals surface area contributed by atoms with Crippen LogP contribution < -0.4 is 0 Å². The highest BCUT2D eigenvalue weighted by Gasteiger charge is 2.23. The maximum absolute atomic E-state index is 2.46. The summed E-state index contributed by atoms with van der Waals surface area (Å²) in [5, 5.41) is 13.7. The largest absolute Gasteiger partial charge is 0.135 e. The second-order valence-corrected chi connectivity index (χ2v) is 16.8. The van der Waals surface area contributed by atoms with E-state index in [2.05, 4.69) is 177 Å². The molecule has 1 aliphatic heterocycles. The lowest BCUT2D eigenvalue weighted by Crippen LogP contribution is -1.92. The first-order chi connectivity index (χ1) is 26.2. The zero-order valence-corrected chi connectivity index (χ0v) is 30.9. The number of benzene rings is 9. The summed E-state index contributed by atoms with van der Waals surface area (Å²) in [6.45, 7) is 2.34. The Labute approximate surface area is 317 Å². The molecule has 0 N–H and O–H groups in total. The molecule has 2 heteroatoms. The van der Waals surface area contributed by atoms with Gasteiger partial charge in [-0.3, -0.25) is 0 Å². The third kappa shape index (κ3) is 4.76. The van der Waals surface area contributed by atoms with Crippen LogP contribution >= 0.6 is 23.1 Å². The van der Waals surface area contributed by atoms with Crippen LogP contribution in [0.5, 0.6) is 0 Å². The van der Waals surface area contributed by atoms with E-state index in [4.69, 9.17) is 0 Å². The Morgan fingerprint density at radius 2 is 0.906 bits per heavy atom. The Kier molecular flexibility index (Phi) is 7.12. The molecule has 250 valence electrons. The normalized spacial score (nSPS) is 14.7. The van der Waals surface area contributed by atoms with Crippen LogP contribution in [0.3, 0.4) is 0 Å². The molecule has 0 saturated carbocycles. The fourth-order valence-electron chi connectivity index (χ4n) is 8.94. The second kappa shape index (κ2) is 12.2. The average Bonchev–Trinajstić information content (AvgIpc) is 3.82. The van der Waals surface area contributed by atoms with Gasteiger partial charge in [0.1, 0.15) is 0 Å². The zero-order valence-electron chi connectivity index (χ0n) is 29.3. The summed E-state index contributed by atoms with van der Waals surface area (Å²) in [5.41, 5.74) is 9.15. The first-order valence-electron chi connectivity index (χ1n) is 18.5. The van der Waals surface area contributed by atoms with Gasteiger partial charge in [0.2, 0.25) is 0 Å². The van der Waals surface area contributed by atoms with Crippen molar-refractivity contribution in [2.45, 2.75) is 18.6 Å². The predicted octanol–water partition coefficient (Wildman–Crippen LogP) is 15.5. The van der Waals surface area contributed by atoms with Gasteiger partial charge >= 0.3 is 0 Å². The van der Waals surface area contributed by atoms with Crippen molar-refractivity contribution in [1.82, 2.24) is 0 Å². The number of thioether (sulfide) groups is 1. The van der Waals surface area contributed by atoms with E-state index < -0.39 is 0 Å². The van der Waals surface area contributed by atoms with Gasteiger partial charge in [-0.2, -0.15) is 0 Å². The minimum absolute atomic E-state index is 0.611. The fourth-order valence-corrected chi connectivity index (χ4v) is 11.4. The van der Waals surface area contributed by atoms with Crippen molar-refractivity contribution >= 4 is 91.3 Å². The standard InChI is InChI=1S/C51H34S2/c1-31-26-29-45(52-31)50-41-22-11-7-18-37(41)48(38-19-8-12-23-42(38)50)33-27-28-34-43-24-13-25-44(51(43)53-46(34)30-33)49-39-20-9-5-16-35(39)47(32-14-3-2-4-15-32)36-17-6-10-21-40(36)49/h2-25,27-31H,26H2,1H3. The third-order valence-electron chi connectivity index (χ3n) is 11.2. The van der Waals surface area contributed by atoms with Gasteiger partial charge < -0.3 is 0 Å². The van der Waals surface area contributed by atoms with E-state index in [0.29, 0.717) is 5.25 Å². The molecule has 0 amide bonds. The van der Waals surface area contributed by atoms with E-state index in [1.807, 2.05) is 23.1 Å². The zero-order chi connectivity index (χ0) is 35.0. The summed E-state index contributed by atoms with van der Waals surface area (Å²) >= 11 is 3.95. The molecule has 1 unspecified atom stereocenters. The van der Waals surface area contributed by atoms with Crippen molar-refractivity contribution in [3.05, 3.63) is 175 Å². The van der Waals surface area contributed by atoms with Gasteiger partial charge in [-0.05, 0) is 83.4 Å². The van der Waals surface area contributed by atoms with Crippen LogP contribution in [0.25, 0.3) is 102 Å². The molecule has 0 radical (unpaired) electrons. The van der Waals surface area contributed by atoms with Crippen LogP contribution in [0, 0.1) is 0 Å². The van der Waals surface area contributed by atoms with Crippen molar-refractivity contribution in [3.8, 4) is 33.4 Å². The van der Waals surface area contributed by atoms with E-state index in [-0.39, 0.29) is 0 Å². The van der Waals surface area contributed by atoms with Crippen molar-refractivity contribution < 1.29 is 0 Å². The molecular weight excluding hydrogens is 677 g/mol. The molecule has 53 heavy (non-hydrogen) atoms. The Morgan fingerprint density at radius 3 is 1.45 bits per heavy atom. The van der Waals surface area contributed by atoms with Gasteiger partial charge in [0, 0.05) is 41.5 Å². The molecule has 0 nitrogen and oxygen atoms in total. The number of fused-ring (bicyclic) bond motifs is 7. The minimum Gasteiger partial charge on any atom is -0.135 e. The quantitative estimate of drug-likeness (QED) is 0.164. The van der Waals surface area contributed by atoms with Crippen molar-refractivity contribution in [2.24, 2.45) is 0 Å². The highest BCUT2D eigenvalue weighted by Crippen LogP contribution is 2.51. The Hall–Kier alpha value is -5.67. The molecule has 0 fully saturated rings. The van der Waals surface area contributed by atoms with Gasteiger partial charge in [-0.15, -0.1) is 23.1 Å². The van der Waals surface area contributed by atoms with E-state index >= 15 is 0 Å². The van der Waals surface area contributed by atoms with Crippen LogP contribution in [-0.4, -0.2) is 5.25 Å². The van der Waals surface area contributed by atoms with Crippen LogP contribution in [0.2, 0.25) is 0 Å². The predicted molar refractivity (Wildman–Crippen MR) is 235 cm³/mol. The number of hydrogen-bond acceptors (Lipinski definition) is 2. The van der Waals surface area contributed by atoms with Crippen LogP contribution in [0.4, 0.5) is 0 Å². The summed E-state index contributed by atoms with van der Waals surface area (Å²) in [7, 11) is 0. The molecule has 11 rings (SSSR count). The Balaban J connectivity index is 1.17. The van der Waals surface area contributed by atoms with Crippen molar-refractivity contribution in [3.63, 3.8) is 0 Å². The summed E-state index contributed by atoms with van der Waals surface area (Å²) in [5.74, 6) is 0. The highest BCUT2D eigenvalue weighted by molar-refractivity contribution is 8.09. The summed E-state index contributed by atoms with van der Waals surface area (Å²) in [6.07, 6.45) is 3.57. The van der Waals surface area contributed by atoms with E-state index in [0.717, 1.165) is 6.42 Å². The van der Waals surface area contributed by atoms with Gasteiger partial charge in [-0.1, -0.05) is 171 Å². The first kappa shape index (κ1) is 30.9. The molecule has 2 heterocycles. The topological polar surface area (TPSA) is 0 Å². The van der Waals surface area contributed by atoms with Crippen LogP contribution in [0.15, 0.2) is 170 Å². The number of allylic oxidation sites excluding steroid dienone is 1. The third-order valence-corrected chi connectivity index (χ3v) is 13.6. The SMILES string of the molecule is CC1CC=C(c2c3ccccc3c(-c3ccc4c(c3)sc3c(-c5c6ccccc6c(-c6ccccc6)c6ccccc56)cccc34)c3ccccc23)S1. The molecule has 0 saturated heterocycles. The molecular formula is C51H34S2. The highest BCUT2D eigenvalue weighted by atomic mass is 32.2. The number of hydrogen-bond donors (Lipinski definition) is 0. The molecule has 0 bridgehead atoms. The Morgan fingerprint density at radius 1 is 0.415 bits per heavy atom. The molecule has 1 aliphatic rings. The molecule has 10 aromatic rings. The van der Waals surface area contributed by atoms with Crippen molar-refractivity contribution in [2.75, 3.05) is 0 Å². The van der Waals surface area contributed by atoms with Gasteiger partial charge in [0.05, 0.1) is 0 Å². The minimum atomic E-state index is 0.611. The van der Waals surface area contributed by atoms with Crippen LogP contribution in [-0.2, 0) is 0 Å². The maximum atomic E-state index is 2.46. The van der Waals surface area contributed by atoms with E-state index in [9.17, 15) is 0 Å².